The lowest BCUT2D eigenvalue weighted by Crippen LogP contribution is -2.46. The van der Waals surface area contributed by atoms with Crippen LogP contribution in [0.3, 0.4) is 0 Å². The number of carbonyl (C=O) groups is 1. The van der Waals surface area contributed by atoms with Gasteiger partial charge in [-0.15, -0.1) is 0 Å². The summed E-state index contributed by atoms with van der Waals surface area (Å²) in [5.74, 6) is 0.770. The second-order valence-corrected chi connectivity index (χ2v) is 6.94. The van der Waals surface area contributed by atoms with Crippen LogP contribution in [0.1, 0.15) is 37.7 Å². The van der Waals surface area contributed by atoms with Crippen LogP contribution in [-0.4, -0.2) is 48.6 Å². The predicted octanol–water partition coefficient (Wildman–Crippen LogP) is 3.09. The molecule has 2 saturated heterocycles. The number of likely N-dealkylation sites (tertiary alicyclic amines) is 2. The van der Waals surface area contributed by atoms with Crippen molar-refractivity contribution in [1.82, 2.24) is 15.1 Å². The molecular weight excluding hydrogens is 286 g/mol. The molecule has 2 heterocycles. The van der Waals surface area contributed by atoms with E-state index in [1.165, 1.54) is 38.9 Å². The van der Waals surface area contributed by atoms with Crippen LogP contribution in [0.2, 0.25) is 0 Å². The summed E-state index contributed by atoms with van der Waals surface area (Å²) in [6.45, 7) is 6.21. The monoisotopic (exact) mass is 315 g/mol. The van der Waals surface area contributed by atoms with Crippen LogP contribution in [0.25, 0.3) is 0 Å². The van der Waals surface area contributed by atoms with Gasteiger partial charge in [0.25, 0.3) is 0 Å². The molecule has 0 spiro atoms. The summed E-state index contributed by atoms with van der Waals surface area (Å²) in [5, 5.41) is 3.04. The molecule has 0 bridgehead atoms. The number of amides is 2. The molecule has 2 aliphatic rings. The molecule has 0 aliphatic carbocycles. The van der Waals surface area contributed by atoms with Crippen LogP contribution < -0.4 is 5.32 Å². The maximum Gasteiger partial charge on any atom is 0.317 e. The maximum absolute atomic E-state index is 12.3. The minimum absolute atomic E-state index is 0.0882. The van der Waals surface area contributed by atoms with Crippen molar-refractivity contribution in [1.29, 1.82) is 0 Å². The first-order valence-electron chi connectivity index (χ1n) is 9.10. The van der Waals surface area contributed by atoms with Crippen LogP contribution in [0.15, 0.2) is 30.3 Å². The van der Waals surface area contributed by atoms with E-state index in [2.05, 4.69) is 10.2 Å². The Morgan fingerprint density at radius 2 is 1.70 bits per heavy atom. The van der Waals surface area contributed by atoms with Crippen LogP contribution in [0.5, 0.6) is 0 Å². The summed E-state index contributed by atoms with van der Waals surface area (Å²) in [6, 6.07) is 10.2. The summed E-state index contributed by atoms with van der Waals surface area (Å²) in [6.07, 6.45) is 6.42. The number of nitrogens with one attached hydrogen (secondary N) is 1. The molecule has 126 valence electrons. The molecule has 0 aromatic heterocycles. The molecule has 4 nitrogen and oxygen atoms in total. The van der Waals surface area contributed by atoms with Crippen LogP contribution in [0.4, 0.5) is 4.79 Å². The Morgan fingerprint density at radius 1 is 1.00 bits per heavy atom. The van der Waals surface area contributed by atoms with Crippen LogP contribution in [0, 0.1) is 5.92 Å². The van der Waals surface area contributed by atoms with Gasteiger partial charge < -0.3 is 15.1 Å². The van der Waals surface area contributed by atoms with Gasteiger partial charge in [-0.25, -0.2) is 4.79 Å². The van der Waals surface area contributed by atoms with Gasteiger partial charge >= 0.3 is 6.03 Å². The van der Waals surface area contributed by atoms with E-state index in [4.69, 9.17) is 0 Å². The largest absolute Gasteiger partial charge is 0.334 e. The van der Waals surface area contributed by atoms with Crippen molar-refractivity contribution in [3.63, 3.8) is 0 Å². The van der Waals surface area contributed by atoms with Gasteiger partial charge in [0.1, 0.15) is 0 Å². The Balaban J connectivity index is 1.37. The Hall–Kier alpha value is -1.55. The number of hydrogen-bond donors (Lipinski definition) is 1. The van der Waals surface area contributed by atoms with Gasteiger partial charge in [-0.3, -0.25) is 0 Å². The molecule has 1 aromatic rings. The average Bonchev–Trinajstić information content (AvgIpc) is 2.62. The van der Waals surface area contributed by atoms with Crippen LogP contribution >= 0.6 is 0 Å². The predicted molar refractivity (Wildman–Crippen MR) is 93.3 cm³/mol. The minimum atomic E-state index is 0.0882. The zero-order valence-corrected chi connectivity index (χ0v) is 14.0. The van der Waals surface area contributed by atoms with Crippen molar-refractivity contribution in [2.45, 2.75) is 38.6 Å². The number of urea groups is 1. The van der Waals surface area contributed by atoms with Gasteiger partial charge in [-0.05, 0) is 50.3 Å². The highest BCUT2D eigenvalue weighted by atomic mass is 16.2. The van der Waals surface area contributed by atoms with Gasteiger partial charge in [0.2, 0.25) is 0 Å². The first-order chi connectivity index (χ1) is 11.3. The third-order valence-electron chi connectivity index (χ3n) is 5.15. The third kappa shape index (κ3) is 4.96. The molecule has 0 saturated carbocycles. The Bertz CT molecular complexity index is 477. The van der Waals surface area contributed by atoms with Gasteiger partial charge in [-0.2, -0.15) is 0 Å². The molecule has 2 aliphatic heterocycles. The topological polar surface area (TPSA) is 35.6 Å². The highest BCUT2D eigenvalue weighted by molar-refractivity contribution is 5.74. The Morgan fingerprint density at radius 3 is 2.39 bits per heavy atom. The van der Waals surface area contributed by atoms with E-state index < -0.39 is 0 Å². The number of benzene rings is 1. The Kier molecular flexibility index (Phi) is 5.92. The summed E-state index contributed by atoms with van der Waals surface area (Å²) in [7, 11) is 0. The van der Waals surface area contributed by atoms with Crippen LogP contribution in [-0.2, 0) is 6.54 Å². The zero-order chi connectivity index (χ0) is 15.9. The number of carbonyl (C=O) groups excluding carboxylic acids is 1. The fourth-order valence-corrected chi connectivity index (χ4v) is 3.71. The number of piperidine rings is 2. The van der Waals surface area contributed by atoms with Gasteiger partial charge in [0, 0.05) is 26.2 Å². The van der Waals surface area contributed by atoms with E-state index in [0.29, 0.717) is 6.54 Å². The number of nitrogens with zero attached hydrogens (tertiary/aromatic N) is 2. The molecule has 23 heavy (non-hydrogen) atoms. The lowest BCUT2D eigenvalue weighted by atomic mass is 9.95. The fourth-order valence-electron chi connectivity index (χ4n) is 3.71. The van der Waals surface area contributed by atoms with Crippen molar-refractivity contribution in [2.24, 2.45) is 5.92 Å². The lowest BCUT2D eigenvalue weighted by Gasteiger charge is -2.36. The van der Waals surface area contributed by atoms with E-state index in [9.17, 15) is 4.79 Å². The van der Waals surface area contributed by atoms with Crippen molar-refractivity contribution in [3.05, 3.63) is 35.9 Å². The first-order valence-corrected chi connectivity index (χ1v) is 9.10. The quantitative estimate of drug-likeness (QED) is 0.927. The average molecular weight is 315 g/mol. The van der Waals surface area contributed by atoms with E-state index in [1.54, 1.807) is 0 Å². The molecule has 3 rings (SSSR count). The number of hydrogen-bond acceptors (Lipinski definition) is 2. The van der Waals surface area contributed by atoms with E-state index >= 15 is 0 Å². The van der Waals surface area contributed by atoms with Crippen molar-refractivity contribution in [2.75, 3.05) is 32.7 Å². The molecule has 4 heteroatoms. The third-order valence-corrected chi connectivity index (χ3v) is 5.15. The molecule has 2 fully saturated rings. The molecule has 0 radical (unpaired) electrons. The van der Waals surface area contributed by atoms with E-state index in [1.807, 2.05) is 35.2 Å². The molecule has 1 aromatic carbocycles. The highest BCUT2D eigenvalue weighted by Gasteiger charge is 2.24. The highest BCUT2D eigenvalue weighted by Crippen LogP contribution is 2.20. The Labute approximate surface area is 139 Å². The normalized spacial score (nSPS) is 20.4. The number of rotatable bonds is 4. The van der Waals surface area contributed by atoms with E-state index in [0.717, 1.165) is 37.4 Å². The molecule has 1 N–H and O–H groups in total. The summed E-state index contributed by atoms with van der Waals surface area (Å²) >= 11 is 0. The fraction of sp³-hybridized carbons (Fsp3) is 0.632. The molecule has 0 unspecified atom stereocenters. The van der Waals surface area contributed by atoms with Crippen molar-refractivity contribution < 1.29 is 4.79 Å². The standard InChI is InChI=1S/C19H29N3O/c23-19(20-15-17-7-3-1-4-8-17)22-13-9-18(10-14-22)16-21-11-5-2-6-12-21/h1,3-4,7-8,18H,2,5-6,9-16H2,(H,20,23). The zero-order valence-electron chi connectivity index (χ0n) is 14.0. The molecule has 0 atom stereocenters. The first kappa shape index (κ1) is 16.3. The summed E-state index contributed by atoms with van der Waals surface area (Å²) in [4.78, 5) is 16.9. The summed E-state index contributed by atoms with van der Waals surface area (Å²) in [5.41, 5.74) is 1.15. The minimum Gasteiger partial charge on any atom is -0.334 e. The second kappa shape index (κ2) is 8.34. The lowest BCUT2D eigenvalue weighted by molar-refractivity contribution is 0.137. The second-order valence-electron chi connectivity index (χ2n) is 6.94. The van der Waals surface area contributed by atoms with Crippen molar-refractivity contribution >= 4 is 6.03 Å². The van der Waals surface area contributed by atoms with Gasteiger partial charge in [-0.1, -0.05) is 36.8 Å². The molecular formula is C19H29N3O. The molecule has 2 amide bonds. The SMILES string of the molecule is O=C(NCc1ccccc1)N1CCC(CN2CCCCC2)CC1. The smallest absolute Gasteiger partial charge is 0.317 e. The maximum atomic E-state index is 12.3. The van der Waals surface area contributed by atoms with Gasteiger partial charge in [0.15, 0.2) is 0 Å². The van der Waals surface area contributed by atoms with E-state index in [-0.39, 0.29) is 6.03 Å². The van der Waals surface area contributed by atoms with Crippen molar-refractivity contribution in [3.8, 4) is 0 Å². The van der Waals surface area contributed by atoms with Gasteiger partial charge in [0.05, 0.1) is 0 Å². The summed E-state index contributed by atoms with van der Waals surface area (Å²) < 4.78 is 0.